The molecule has 0 saturated heterocycles. The van der Waals surface area contributed by atoms with Crippen molar-refractivity contribution >= 4 is 11.8 Å². The lowest BCUT2D eigenvalue weighted by Crippen LogP contribution is -2.18. The minimum absolute atomic E-state index is 0.192. The van der Waals surface area contributed by atoms with E-state index in [0.29, 0.717) is 11.3 Å². The zero-order valence-corrected chi connectivity index (χ0v) is 10.6. The summed E-state index contributed by atoms with van der Waals surface area (Å²) < 4.78 is 9.92. The van der Waals surface area contributed by atoms with Gasteiger partial charge in [-0.3, -0.25) is 4.79 Å². The average Bonchev–Trinajstić information content (AvgIpc) is 2.83. The fourth-order valence-electron chi connectivity index (χ4n) is 2.25. The third kappa shape index (κ3) is 2.23. The highest BCUT2D eigenvalue weighted by Crippen LogP contribution is 2.30. The van der Waals surface area contributed by atoms with Gasteiger partial charge in [0.05, 0.1) is 19.3 Å². The molecule has 0 aromatic heterocycles. The summed E-state index contributed by atoms with van der Waals surface area (Å²) in [6.07, 6.45) is 3.03. The summed E-state index contributed by atoms with van der Waals surface area (Å²) in [7, 11) is 1.50. The number of ketones is 1. The first-order chi connectivity index (χ1) is 8.67. The second kappa shape index (κ2) is 5.21. The smallest absolute Gasteiger partial charge is 0.379 e. The second-order valence-corrected chi connectivity index (χ2v) is 4.22. The minimum atomic E-state index is -0.825. The first-order valence-corrected chi connectivity index (χ1v) is 6.08. The van der Waals surface area contributed by atoms with Gasteiger partial charge < -0.3 is 9.47 Å². The van der Waals surface area contributed by atoms with Gasteiger partial charge in [-0.15, -0.1) is 0 Å². The summed E-state index contributed by atoms with van der Waals surface area (Å²) in [4.78, 5) is 23.4. The van der Waals surface area contributed by atoms with Crippen LogP contribution in [0.15, 0.2) is 12.1 Å². The molecule has 0 saturated carbocycles. The minimum Gasteiger partial charge on any atom is -0.496 e. The fraction of sp³-hybridized carbons (Fsp3) is 0.429. The third-order valence-corrected chi connectivity index (χ3v) is 3.12. The Labute approximate surface area is 106 Å². The molecule has 4 heteroatoms. The Morgan fingerprint density at radius 2 is 1.89 bits per heavy atom. The highest BCUT2D eigenvalue weighted by atomic mass is 16.5. The molecular weight excluding hydrogens is 232 g/mol. The number of ether oxygens (including phenoxy) is 2. The van der Waals surface area contributed by atoms with Crippen molar-refractivity contribution in [2.45, 2.75) is 26.2 Å². The van der Waals surface area contributed by atoms with E-state index in [1.807, 2.05) is 6.07 Å². The summed E-state index contributed by atoms with van der Waals surface area (Å²) in [5.74, 6) is -1.01. The highest BCUT2D eigenvalue weighted by molar-refractivity contribution is 6.41. The SMILES string of the molecule is CCOC(=O)C(=O)c1cc2c(cc1OC)CCC2. The summed E-state index contributed by atoms with van der Waals surface area (Å²) in [6, 6.07) is 3.62. The molecule has 96 valence electrons. The summed E-state index contributed by atoms with van der Waals surface area (Å²) in [5, 5.41) is 0. The van der Waals surface area contributed by atoms with Gasteiger partial charge in [-0.2, -0.15) is 0 Å². The molecule has 0 radical (unpaired) electrons. The van der Waals surface area contributed by atoms with Gasteiger partial charge >= 0.3 is 5.97 Å². The molecule has 0 amide bonds. The third-order valence-electron chi connectivity index (χ3n) is 3.12. The molecule has 0 N–H and O–H groups in total. The number of hydrogen-bond acceptors (Lipinski definition) is 4. The molecule has 0 spiro atoms. The molecule has 1 aliphatic carbocycles. The van der Waals surface area contributed by atoms with Crippen molar-refractivity contribution in [1.29, 1.82) is 0 Å². The van der Waals surface area contributed by atoms with Crippen LogP contribution >= 0.6 is 0 Å². The van der Waals surface area contributed by atoms with Gasteiger partial charge in [0.2, 0.25) is 0 Å². The number of hydrogen-bond donors (Lipinski definition) is 0. The van der Waals surface area contributed by atoms with Crippen molar-refractivity contribution in [2.24, 2.45) is 0 Å². The van der Waals surface area contributed by atoms with E-state index in [2.05, 4.69) is 0 Å². The Morgan fingerprint density at radius 3 is 2.50 bits per heavy atom. The van der Waals surface area contributed by atoms with Crippen LogP contribution in [0.25, 0.3) is 0 Å². The second-order valence-electron chi connectivity index (χ2n) is 4.22. The van der Waals surface area contributed by atoms with E-state index in [9.17, 15) is 9.59 Å². The lowest BCUT2D eigenvalue weighted by Gasteiger charge is -2.10. The molecule has 0 aliphatic heterocycles. The van der Waals surface area contributed by atoms with Gasteiger partial charge in [0.15, 0.2) is 0 Å². The van der Waals surface area contributed by atoms with Crippen molar-refractivity contribution < 1.29 is 19.1 Å². The Hall–Kier alpha value is -1.84. The Bertz CT molecular complexity index is 491. The predicted octanol–water partition coefficient (Wildman–Crippen LogP) is 1.93. The zero-order chi connectivity index (χ0) is 13.1. The van der Waals surface area contributed by atoms with Gasteiger partial charge in [-0.05, 0) is 49.4 Å². The van der Waals surface area contributed by atoms with E-state index in [1.54, 1.807) is 13.0 Å². The molecule has 2 rings (SSSR count). The van der Waals surface area contributed by atoms with Crippen LogP contribution in [0.3, 0.4) is 0 Å². The first kappa shape index (κ1) is 12.6. The molecule has 4 nitrogen and oxygen atoms in total. The van der Waals surface area contributed by atoms with Gasteiger partial charge in [-0.25, -0.2) is 4.79 Å². The summed E-state index contributed by atoms with van der Waals surface area (Å²) in [5.41, 5.74) is 2.63. The van der Waals surface area contributed by atoms with Crippen molar-refractivity contribution in [3.05, 3.63) is 28.8 Å². The van der Waals surface area contributed by atoms with Gasteiger partial charge in [0.25, 0.3) is 5.78 Å². The number of Topliss-reactive ketones (excluding diaryl/α,β-unsaturated/α-hetero) is 1. The average molecular weight is 248 g/mol. The van der Waals surface area contributed by atoms with Crippen LogP contribution in [0.4, 0.5) is 0 Å². The standard InChI is InChI=1S/C14H16O4/c1-3-18-14(16)13(15)11-7-9-5-4-6-10(9)8-12(11)17-2/h7-8H,3-6H2,1-2H3. The molecule has 0 heterocycles. The monoisotopic (exact) mass is 248 g/mol. The van der Waals surface area contributed by atoms with Crippen LogP contribution in [-0.4, -0.2) is 25.5 Å². The molecule has 1 aromatic carbocycles. The van der Waals surface area contributed by atoms with Crippen molar-refractivity contribution in [1.82, 2.24) is 0 Å². The lowest BCUT2D eigenvalue weighted by molar-refractivity contribution is -0.137. The van der Waals surface area contributed by atoms with E-state index in [1.165, 1.54) is 12.7 Å². The summed E-state index contributed by atoms with van der Waals surface area (Å²) in [6.45, 7) is 1.86. The molecule has 1 aromatic rings. The van der Waals surface area contributed by atoms with Crippen LogP contribution in [0, 0.1) is 0 Å². The molecule has 0 unspecified atom stereocenters. The molecule has 18 heavy (non-hydrogen) atoms. The van der Waals surface area contributed by atoms with Crippen LogP contribution < -0.4 is 4.74 Å². The van der Waals surface area contributed by atoms with E-state index in [-0.39, 0.29) is 6.61 Å². The van der Waals surface area contributed by atoms with Crippen molar-refractivity contribution in [3.63, 3.8) is 0 Å². The molecule has 1 aliphatic rings. The largest absolute Gasteiger partial charge is 0.496 e. The van der Waals surface area contributed by atoms with Crippen LogP contribution in [0.5, 0.6) is 5.75 Å². The Kier molecular flexibility index (Phi) is 3.65. The maximum absolute atomic E-state index is 12.0. The number of benzene rings is 1. The number of esters is 1. The topological polar surface area (TPSA) is 52.6 Å². The first-order valence-electron chi connectivity index (χ1n) is 6.08. The summed E-state index contributed by atoms with van der Waals surface area (Å²) >= 11 is 0. The molecule has 0 atom stereocenters. The molecule has 0 fully saturated rings. The van der Waals surface area contributed by atoms with E-state index < -0.39 is 11.8 Å². The van der Waals surface area contributed by atoms with Gasteiger partial charge in [-0.1, -0.05) is 0 Å². The zero-order valence-electron chi connectivity index (χ0n) is 10.6. The van der Waals surface area contributed by atoms with Gasteiger partial charge in [0.1, 0.15) is 5.75 Å². The number of carbonyl (C=O) groups is 2. The van der Waals surface area contributed by atoms with Crippen LogP contribution in [0.1, 0.15) is 34.8 Å². The van der Waals surface area contributed by atoms with Crippen molar-refractivity contribution in [2.75, 3.05) is 13.7 Å². The quantitative estimate of drug-likeness (QED) is 0.464. The van der Waals surface area contributed by atoms with Crippen LogP contribution in [0.2, 0.25) is 0 Å². The number of aryl methyl sites for hydroxylation is 2. The Balaban J connectivity index is 2.37. The van der Waals surface area contributed by atoms with Crippen molar-refractivity contribution in [3.8, 4) is 5.75 Å². The maximum atomic E-state index is 12.0. The van der Waals surface area contributed by atoms with Crippen LogP contribution in [-0.2, 0) is 22.4 Å². The van der Waals surface area contributed by atoms with E-state index >= 15 is 0 Å². The predicted molar refractivity (Wildman–Crippen MR) is 66.0 cm³/mol. The van der Waals surface area contributed by atoms with Gasteiger partial charge in [0, 0.05) is 0 Å². The maximum Gasteiger partial charge on any atom is 0.379 e. The molecular formula is C14H16O4. The lowest BCUT2D eigenvalue weighted by atomic mass is 10.0. The highest BCUT2D eigenvalue weighted by Gasteiger charge is 2.24. The number of carbonyl (C=O) groups excluding carboxylic acids is 2. The normalized spacial score (nSPS) is 13.0. The number of fused-ring (bicyclic) bond motifs is 1. The van der Waals surface area contributed by atoms with E-state index in [0.717, 1.165) is 24.8 Å². The molecule has 0 bridgehead atoms. The Morgan fingerprint density at radius 1 is 1.22 bits per heavy atom. The number of methoxy groups -OCH3 is 1. The number of rotatable bonds is 4. The fourth-order valence-corrected chi connectivity index (χ4v) is 2.25. The van der Waals surface area contributed by atoms with E-state index in [4.69, 9.17) is 9.47 Å².